The molecule has 1 atom stereocenters. The van der Waals surface area contributed by atoms with Gasteiger partial charge in [-0.25, -0.2) is 0 Å². The standard InChI is InChI=1S/C12H18N2/c13-12(10-14-8-4-5-9-14)11-6-2-1-3-7-11/h1-3,6-7,12H,4-5,8-10,13H2. The second-order valence-electron chi connectivity index (χ2n) is 4.02. The molecule has 2 N–H and O–H groups in total. The van der Waals surface area contributed by atoms with Crippen LogP contribution >= 0.6 is 0 Å². The zero-order valence-corrected chi connectivity index (χ0v) is 8.52. The van der Waals surface area contributed by atoms with Crippen molar-refractivity contribution in [1.82, 2.24) is 4.90 Å². The van der Waals surface area contributed by atoms with Gasteiger partial charge in [0.2, 0.25) is 0 Å². The summed E-state index contributed by atoms with van der Waals surface area (Å²) in [5.74, 6) is 0. The van der Waals surface area contributed by atoms with Crippen molar-refractivity contribution < 1.29 is 0 Å². The van der Waals surface area contributed by atoms with E-state index in [-0.39, 0.29) is 6.04 Å². The van der Waals surface area contributed by atoms with Crippen LogP contribution in [0.5, 0.6) is 0 Å². The van der Waals surface area contributed by atoms with Crippen LogP contribution in [-0.2, 0) is 0 Å². The molecule has 1 aromatic carbocycles. The number of nitrogens with zero attached hydrogens (tertiary/aromatic N) is 1. The lowest BCUT2D eigenvalue weighted by Crippen LogP contribution is -2.29. The third-order valence-electron chi connectivity index (χ3n) is 2.88. The van der Waals surface area contributed by atoms with Crippen LogP contribution in [0.2, 0.25) is 0 Å². The first-order valence-electron chi connectivity index (χ1n) is 5.39. The molecule has 1 aromatic rings. The molecule has 2 nitrogen and oxygen atoms in total. The maximum Gasteiger partial charge on any atom is 0.0424 e. The highest BCUT2D eigenvalue weighted by Crippen LogP contribution is 2.14. The van der Waals surface area contributed by atoms with Crippen LogP contribution < -0.4 is 5.73 Å². The van der Waals surface area contributed by atoms with Gasteiger partial charge in [-0.1, -0.05) is 30.3 Å². The van der Waals surface area contributed by atoms with Gasteiger partial charge in [0.25, 0.3) is 0 Å². The first-order valence-corrected chi connectivity index (χ1v) is 5.39. The predicted octanol–water partition coefficient (Wildman–Crippen LogP) is 1.78. The van der Waals surface area contributed by atoms with Gasteiger partial charge in [0.05, 0.1) is 0 Å². The van der Waals surface area contributed by atoms with Gasteiger partial charge in [-0.05, 0) is 31.5 Å². The van der Waals surface area contributed by atoms with E-state index in [1.165, 1.54) is 31.5 Å². The van der Waals surface area contributed by atoms with Crippen LogP contribution in [0.3, 0.4) is 0 Å². The van der Waals surface area contributed by atoms with Crippen molar-refractivity contribution in [3.63, 3.8) is 0 Å². The number of rotatable bonds is 3. The molecule has 1 heterocycles. The molecule has 1 aliphatic rings. The van der Waals surface area contributed by atoms with Gasteiger partial charge in [-0.3, -0.25) is 0 Å². The Morgan fingerprint density at radius 3 is 2.43 bits per heavy atom. The lowest BCUT2D eigenvalue weighted by Gasteiger charge is -2.20. The van der Waals surface area contributed by atoms with E-state index in [1.807, 2.05) is 6.07 Å². The topological polar surface area (TPSA) is 29.3 Å². The van der Waals surface area contributed by atoms with Crippen LogP contribution in [-0.4, -0.2) is 24.5 Å². The van der Waals surface area contributed by atoms with Crippen molar-refractivity contribution >= 4 is 0 Å². The quantitative estimate of drug-likeness (QED) is 0.787. The molecule has 0 spiro atoms. The molecule has 0 amide bonds. The molecule has 1 fully saturated rings. The summed E-state index contributed by atoms with van der Waals surface area (Å²) in [4.78, 5) is 2.46. The molecule has 0 radical (unpaired) electrons. The van der Waals surface area contributed by atoms with Crippen molar-refractivity contribution in [2.75, 3.05) is 19.6 Å². The molecule has 1 aliphatic heterocycles. The van der Waals surface area contributed by atoms with E-state index in [9.17, 15) is 0 Å². The van der Waals surface area contributed by atoms with Gasteiger partial charge >= 0.3 is 0 Å². The van der Waals surface area contributed by atoms with Gasteiger partial charge in [0.15, 0.2) is 0 Å². The molecule has 0 aliphatic carbocycles. The number of hydrogen-bond donors (Lipinski definition) is 1. The minimum absolute atomic E-state index is 0.175. The lowest BCUT2D eigenvalue weighted by atomic mass is 10.1. The van der Waals surface area contributed by atoms with Gasteiger partial charge in [-0.2, -0.15) is 0 Å². The van der Waals surface area contributed by atoms with Gasteiger partial charge in [0, 0.05) is 12.6 Å². The Hall–Kier alpha value is -0.860. The van der Waals surface area contributed by atoms with Crippen molar-refractivity contribution in [2.45, 2.75) is 18.9 Å². The summed E-state index contributed by atoms with van der Waals surface area (Å²) in [7, 11) is 0. The summed E-state index contributed by atoms with van der Waals surface area (Å²) < 4.78 is 0. The summed E-state index contributed by atoms with van der Waals surface area (Å²) in [5.41, 5.74) is 7.38. The van der Waals surface area contributed by atoms with E-state index in [2.05, 4.69) is 29.2 Å². The van der Waals surface area contributed by atoms with Gasteiger partial charge < -0.3 is 10.6 Å². The average molecular weight is 190 g/mol. The monoisotopic (exact) mass is 190 g/mol. The van der Waals surface area contributed by atoms with E-state index >= 15 is 0 Å². The second kappa shape index (κ2) is 4.58. The fourth-order valence-corrected chi connectivity index (χ4v) is 2.05. The van der Waals surface area contributed by atoms with Gasteiger partial charge in [0.1, 0.15) is 0 Å². The molecule has 1 unspecified atom stereocenters. The molecule has 2 rings (SSSR count). The third kappa shape index (κ3) is 2.34. The summed E-state index contributed by atoms with van der Waals surface area (Å²) in [6, 6.07) is 10.5. The van der Waals surface area contributed by atoms with Crippen molar-refractivity contribution in [3.8, 4) is 0 Å². The molecule has 0 aromatic heterocycles. The molecule has 1 saturated heterocycles. The van der Waals surface area contributed by atoms with Crippen LogP contribution in [0.15, 0.2) is 30.3 Å². The lowest BCUT2D eigenvalue weighted by molar-refractivity contribution is 0.316. The van der Waals surface area contributed by atoms with E-state index in [0.717, 1.165) is 6.54 Å². The van der Waals surface area contributed by atoms with Crippen LogP contribution in [0.4, 0.5) is 0 Å². The molecule has 2 heteroatoms. The Kier molecular flexibility index (Phi) is 3.17. The Morgan fingerprint density at radius 2 is 1.79 bits per heavy atom. The van der Waals surface area contributed by atoms with E-state index < -0.39 is 0 Å². The maximum atomic E-state index is 6.13. The Morgan fingerprint density at radius 1 is 1.14 bits per heavy atom. The molecule has 0 bridgehead atoms. The van der Waals surface area contributed by atoms with Crippen LogP contribution in [0.1, 0.15) is 24.4 Å². The highest BCUT2D eigenvalue weighted by molar-refractivity contribution is 5.18. The molecule has 0 saturated carbocycles. The minimum atomic E-state index is 0.175. The Bertz CT molecular complexity index is 265. The number of likely N-dealkylation sites (tertiary alicyclic amines) is 1. The molecule has 76 valence electrons. The van der Waals surface area contributed by atoms with E-state index in [0.29, 0.717) is 0 Å². The third-order valence-corrected chi connectivity index (χ3v) is 2.88. The molecular weight excluding hydrogens is 172 g/mol. The summed E-state index contributed by atoms with van der Waals surface area (Å²) in [5, 5.41) is 0. The highest BCUT2D eigenvalue weighted by Gasteiger charge is 2.15. The summed E-state index contributed by atoms with van der Waals surface area (Å²) in [6.07, 6.45) is 2.67. The molecule has 14 heavy (non-hydrogen) atoms. The summed E-state index contributed by atoms with van der Waals surface area (Å²) >= 11 is 0. The normalized spacial score (nSPS) is 19.8. The average Bonchev–Trinajstić information content (AvgIpc) is 2.72. The zero-order valence-electron chi connectivity index (χ0n) is 8.52. The van der Waals surface area contributed by atoms with E-state index in [1.54, 1.807) is 0 Å². The Balaban J connectivity index is 1.92. The zero-order chi connectivity index (χ0) is 9.80. The van der Waals surface area contributed by atoms with Gasteiger partial charge in [-0.15, -0.1) is 0 Å². The van der Waals surface area contributed by atoms with E-state index in [4.69, 9.17) is 5.73 Å². The smallest absolute Gasteiger partial charge is 0.0424 e. The minimum Gasteiger partial charge on any atom is -0.323 e. The predicted molar refractivity (Wildman–Crippen MR) is 59.0 cm³/mol. The first-order chi connectivity index (χ1) is 6.86. The van der Waals surface area contributed by atoms with Crippen LogP contribution in [0, 0.1) is 0 Å². The SMILES string of the molecule is NC(CN1CCCC1)c1ccccc1. The first kappa shape index (κ1) is 9.69. The Labute approximate surface area is 85.7 Å². The highest BCUT2D eigenvalue weighted by atomic mass is 15.1. The van der Waals surface area contributed by atoms with Crippen molar-refractivity contribution in [1.29, 1.82) is 0 Å². The fourth-order valence-electron chi connectivity index (χ4n) is 2.05. The fraction of sp³-hybridized carbons (Fsp3) is 0.500. The maximum absolute atomic E-state index is 6.13. The second-order valence-corrected chi connectivity index (χ2v) is 4.02. The van der Waals surface area contributed by atoms with Crippen molar-refractivity contribution in [3.05, 3.63) is 35.9 Å². The number of hydrogen-bond acceptors (Lipinski definition) is 2. The van der Waals surface area contributed by atoms with Crippen LogP contribution in [0.25, 0.3) is 0 Å². The number of nitrogens with two attached hydrogens (primary N) is 1. The largest absolute Gasteiger partial charge is 0.323 e. The van der Waals surface area contributed by atoms with Crippen molar-refractivity contribution in [2.24, 2.45) is 5.73 Å². The summed E-state index contributed by atoms with van der Waals surface area (Å²) in [6.45, 7) is 3.45. The number of benzene rings is 1. The molecular formula is C12H18N2.